The third-order valence-corrected chi connectivity index (χ3v) is 10.8. The average Bonchev–Trinajstić information content (AvgIpc) is 2.92. The molecule has 0 aromatic heterocycles. The Morgan fingerprint density at radius 1 is 1.20 bits per heavy atom. The molecule has 0 saturated carbocycles. The van der Waals surface area contributed by atoms with E-state index in [1.807, 2.05) is 62.6 Å². The third kappa shape index (κ3) is 6.38. The van der Waals surface area contributed by atoms with Crippen LogP contribution in [0.25, 0.3) is 0 Å². The highest BCUT2D eigenvalue weighted by atomic mass is 32.2. The lowest BCUT2D eigenvalue weighted by Crippen LogP contribution is -2.35. The molecule has 1 aliphatic heterocycles. The lowest BCUT2D eigenvalue weighted by Gasteiger charge is -2.34. The molecule has 0 aliphatic carbocycles. The number of methoxy groups -OCH3 is 1. The second-order valence-electron chi connectivity index (χ2n) is 10.0. The molecule has 1 aliphatic rings. The van der Waals surface area contributed by atoms with Crippen molar-refractivity contribution in [2.75, 3.05) is 30.6 Å². The summed E-state index contributed by atoms with van der Waals surface area (Å²) < 4.78 is 31.9. The van der Waals surface area contributed by atoms with E-state index >= 15 is 0 Å². The Hall–Kier alpha value is -1.64. The van der Waals surface area contributed by atoms with Gasteiger partial charge in [0.15, 0.2) is 9.84 Å². The van der Waals surface area contributed by atoms with Crippen LogP contribution in [0.2, 0.25) is 0 Å². The molecule has 1 atom stereocenters. The molecule has 35 heavy (non-hydrogen) atoms. The fraction of sp³-hybridized carbons (Fsp3) is 0.519. The highest BCUT2D eigenvalue weighted by Crippen LogP contribution is 2.45. The number of nitrogens with zero attached hydrogens (tertiary/aromatic N) is 1. The Bertz CT molecular complexity index is 1150. The molecule has 0 fully saturated rings. The normalized spacial score (nSPS) is 19.7. The van der Waals surface area contributed by atoms with Gasteiger partial charge in [-0.25, -0.2) is 8.42 Å². The number of carbonyl (C=O) groups is 1. The first-order valence-corrected chi connectivity index (χ1v) is 15.8. The van der Waals surface area contributed by atoms with Gasteiger partial charge in [0.25, 0.3) is 0 Å². The number of fused-ring (bicyclic) bond motifs is 1. The summed E-state index contributed by atoms with van der Waals surface area (Å²) in [6.45, 7) is 8.55. The zero-order chi connectivity index (χ0) is 25.9. The molecule has 2 aromatic carbocycles. The van der Waals surface area contributed by atoms with E-state index in [9.17, 15) is 13.2 Å². The lowest BCUT2D eigenvalue weighted by molar-refractivity contribution is -0.142. The molecule has 1 heterocycles. The summed E-state index contributed by atoms with van der Waals surface area (Å²) >= 11 is 3.06. The summed E-state index contributed by atoms with van der Waals surface area (Å²) in [5.41, 5.74) is 2.29. The van der Waals surface area contributed by atoms with Crippen LogP contribution in [0.3, 0.4) is 0 Å². The van der Waals surface area contributed by atoms with Crippen LogP contribution in [0, 0.1) is 5.41 Å². The van der Waals surface area contributed by atoms with E-state index in [1.54, 1.807) is 11.8 Å². The molecule has 0 spiro atoms. The number of esters is 1. The average molecular weight is 536 g/mol. The number of carbonyl (C=O) groups excluding carboxylic acids is 1. The Balaban J connectivity index is 2.14. The number of hydrogen-bond acceptors (Lipinski definition) is 7. The molecule has 8 heteroatoms. The van der Waals surface area contributed by atoms with Gasteiger partial charge in [0.05, 0.1) is 23.4 Å². The predicted octanol–water partition coefficient (Wildman–Crippen LogP) is 6.72. The van der Waals surface area contributed by atoms with Crippen molar-refractivity contribution in [1.82, 2.24) is 0 Å². The molecule has 0 amide bonds. The Labute approximate surface area is 219 Å². The van der Waals surface area contributed by atoms with E-state index in [0.29, 0.717) is 17.2 Å². The summed E-state index contributed by atoms with van der Waals surface area (Å²) in [6.07, 6.45) is 4.88. The van der Waals surface area contributed by atoms with Gasteiger partial charge in [0.2, 0.25) is 0 Å². The molecule has 0 radical (unpaired) electrons. The molecule has 1 unspecified atom stereocenters. The SMILES string of the molecule is CCCCC1(C)CN(c2ccccc2)c2cc(SC)c(CSC(C)(C)C(=O)OC)cc2S(=O)(=O)C1. The maximum Gasteiger partial charge on any atom is 0.321 e. The second kappa shape index (κ2) is 11.2. The minimum Gasteiger partial charge on any atom is -0.468 e. The number of unbranched alkanes of at least 4 members (excludes halogenated alkanes) is 1. The van der Waals surface area contributed by atoms with Crippen molar-refractivity contribution in [2.24, 2.45) is 5.41 Å². The Morgan fingerprint density at radius 2 is 1.89 bits per heavy atom. The maximum absolute atomic E-state index is 13.8. The number of hydrogen-bond donors (Lipinski definition) is 0. The zero-order valence-corrected chi connectivity index (χ0v) is 24.0. The first kappa shape index (κ1) is 27.9. The van der Waals surface area contributed by atoms with Crippen molar-refractivity contribution < 1.29 is 17.9 Å². The van der Waals surface area contributed by atoms with Crippen molar-refractivity contribution in [1.29, 1.82) is 0 Å². The number of ether oxygens (including phenoxy) is 1. The predicted molar refractivity (Wildman–Crippen MR) is 149 cm³/mol. The van der Waals surface area contributed by atoms with Gasteiger partial charge in [-0.3, -0.25) is 4.79 Å². The fourth-order valence-electron chi connectivity index (χ4n) is 4.56. The molecular formula is C27H37NO4S3. The minimum absolute atomic E-state index is 0.120. The zero-order valence-electron chi connectivity index (χ0n) is 21.6. The highest BCUT2D eigenvalue weighted by molar-refractivity contribution is 8.00. The monoisotopic (exact) mass is 535 g/mol. The van der Waals surface area contributed by atoms with Gasteiger partial charge in [-0.15, -0.1) is 23.5 Å². The summed E-state index contributed by atoms with van der Waals surface area (Å²) in [6, 6.07) is 13.9. The molecule has 0 bridgehead atoms. The Morgan fingerprint density at radius 3 is 2.49 bits per heavy atom. The van der Waals surface area contributed by atoms with Gasteiger partial charge in [-0.1, -0.05) is 44.9 Å². The lowest BCUT2D eigenvalue weighted by atomic mass is 9.86. The van der Waals surface area contributed by atoms with Crippen molar-refractivity contribution in [3.05, 3.63) is 48.0 Å². The fourth-order valence-corrected chi connectivity index (χ4v) is 8.35. The second-order valence-corrected chi connectivity index (χ2v) is 14.4. The summed E-state index contributed by atoms with van der Waals surface area (Å²) in [5, 5.41) is 0. The van der Waals surface area contributed by atoms with Gasteiger partial charge >= 0.3 is 5.97 Å². The summed E-state index contributed by atoms with van der Waals surface area (Å²) in [7, 11) is -2.14. The van der Waals surface area contributed by atoms with Crippen LogP contribution < -0.4 is 4.90 Å². The number of sulfone groups is 1. The number of anilines is 2. The van der Waals surface area contributed by atoms with E-state index in [4.69, 9.17) is 4.74 Å². The largest absolute Gasteiger partial charge is 0.468 e. The number of thioether (sulfide) groups is 2. The number of rotatable bonds is 9. The first-order chi connectivity index (χ1) is 16.5. The van der Waals surface area contributed by atoms with E-state index in [1.165, 1.54) is 18.9 Å². The third-order valence-electron chi connectivity index (χ3n) is 6.53. The van der Waals surface area contributed by atoms with Gasteiger partial charge < -0.3 is 9.64 Å². The van der Waals surface area contributed by atoms with Crippen LogP contribution in [0.1, 0.15) is 52.5 Å². The summed E-state index contributed by atoms with van der Waals surface area (Å²) in [4.78, 5) is 15.8. The van der Waals surface area contributed by atoms with Crippen LogP contribution in [0.4, 0.5) is 11.4 Å². The molecule has 2 aromatic rings. The molecule has 0 saturated heterocycles. The molecular weight excluding hydrogens is 499 g/mol. The minimum atomic E-state index is -3.53. The number of para-hydroxylation sites is 1. The smallest absolute Gasteiger partial charge is 0.321 e. The molecule has 0 N–H and O–H groups in total. The Kier molecular flexibility index (Phi) is 8.92. The first-order valence-electron chi connectivity index (χ1n) is 11.9. The molecule has 192 valence electrons. The number of benzene rings is 2. The quantitative estimate of drug-likeness (QED) is 0.261. The maximum atomic E-state index is 13.8. The highest BCUT2D eigenvalue weighted by Gasteiger charge is 2.40. The van der Waals surface area contributed by atoms with Crippen molar-refractivity contribution >= 4 is 50.7 Å². The van der Waals surface area contributed by atoms with Gasteiger partial charge in [-0.2, -0.15) is 0 Å². The van der Waals surface area contributed by atoms with Crippen LogP contribution >= 0.6 is 23.5 Å². The van der Waals surface area contributed by atoms with Crippen LogP contribution in [-0.2, 0) is 25.1 Å². The molecule has 3 rings (SSSR count). The van der Waals surface area contributed by atoms with Gasteiger partial charge in [0, 0.05) is 22.9 Å². The van der Waals surface area contributed by atoms with Gasteiger partial charge in [0.1, 0.15) is 4.75 Å². The van der Waals surface area contributed by atoms with Gasteiger partial charge in [-0.05, 0) is 61.8 Å². The standard InChI is InChI=1S/C27H37NO4S3/c1-7-8-14-27(4)18-28(21-12-10-9-11-13-21)22-16-23(33-6)20(15-24(22)35(30,31)19-27)17-34-26(2,3)25(29)32-5/h9-13,15-16H,7-8,14,17-19H2,1-6H3. The van der Waals surface area contributed by atoms with Crippen LogP contribution in [-0.4, -0.2) is 44.8 Å². The van der Waals surface area contributed by atoms with E-state index < -0.39 is 14.6 Å². The van der Waals surface area contributed by atoms with Crippen LogP contribution in [0.5, 0.6) is 0 Å². The molecule has 5 nitrogen and oxygen atoms in total. The van der Waals surface area contributed by atoms with Crippen molar-refractivity contribution in [2.45, 2.75) is 67.2 Å². The summed E-state index contributed by atoms with van der Waals surface area (Å²) in [5.74, 6) is 0.340. The topological polar surface area (TPSA) is 63.7 Å². The van der Waals surface area contributed by atoms with Crippen molar-refractivity contribution in [3.63, 3.8) is 0 Å². The van der Waals surface area contributed by atoms with E-state index in [0.717, 1.165) is 41.1 Å². The van der Waals surface area contributed by atoms with Crippen LogP contribution in [0.15, 0.2) is 52.3 Å². The van der Waals surface area contributed by atoms with E-state index in [2.05, 4.69) is 18.7 Å². The van der Waals surface area contributed by atoms with Crippen molar-refractivity contribution in [3.8, 4) is 0 Å². The van der Waals surface area contributed by atoms with E-state index in [-0.39, 0.29) is 17.1 Å².